The molecule has 3 aromatic rings. The number of hydrogen-bond donors (Lipinski definition) is 2. The van der Waals surface area contributed by atoms with Crippen LogP contribution in [-0.2, 0) is 4.79 Å². The molecule has 2 atom stereocenters. The number of carbonyl (C=O) groups is 1. The van der Waals surface area contributed by atoms with Crippen molar-refractivity contribution in [3.8, 4) is 0 Å². The summed E-state index contributed by atoms with van der Waals surface area (Å²) in [7, 11) is 0. The molecule has 1 fully saturated rings. The van der Waals surface area contributed by atoms with Crippen molar-refractivity contribution in [3.05, 3.63) is 52.9 Å². The summed E-state index contributed by atoms with van der Waals surface area (Å²) in [4.78, 5) is 27.3. The third-order valence-electron chi connectivity index (χ3n) is 5.32. The molecule has 0 radical (unpaired) electrons. The predicted octanol–water partition coefficient (Wildman–Crippen LogP) is 3.87. The molecule has 0 saturated carbocycles. The van der Waals surface area contributed by atoms with Crippen molar-refractivity contribution < 1.29 is 4.79 Å². The van der Waals surface area contributed by atoms with Gasteiger partial charge in [-0.05, 0) is 38.0 Å². The summed E-state index contributed by atoms with van der Waals surface area (Å²) in [5, 5.41) is 8.11. The lowest BCUT2D eigenvalue weighted by Gasteiger charge is -2.20. The number of amides is 1. The van der Waals surface area contributed by atoms with E-state index in [1.165, 1.54) is 0 Å². The second-order valence-corrected chi connectivity index (χ2v) is 8.11. The molecule has 1 aromatic carbocycles. The number of nitrogens with one attached hydrogen (secondary N) is 2. The van der Waals surface area contributed by atoms with E-state index in [1.807, 2.05) is 37.3 Å². The van der Waals surface area contributed by atoms with E-state index in [0.717, 1.165) is 52.6 Å². The highest BCUT2D eigenvalue weighted by atomic mass is 35.5. The van der Waals surface area contributed by atoms with Crippen LogP contribution in [0.4, 0.5) is 11.6 Å². The minimum atomic E-state index is -0.0243. The van der Waals surface area contributed by atoms with Gasteiger partial charge in [-0.1, -0.05) is 29.8 Å². The smallest absolute Gasteiger partial charge is 0.217 e. The number of aromatic nitrogens is 3. The van der Waals surface area contributed by atoms with Crippen LogP contribution in [-0.4, -0.2) is 40.0 Å². The van der Waals surface area contributed by atoms with Gasteiger partial charge in [-0.25, -0.2) is 15.0 Å². The molecule has 1 aliphatic rings. The topological polar surface area (TPSA) is 83.0 Å². The molecule has 156 valence electrons. The van der Waals surface area contributed by atoms with Crippen LogP contribution in [0.1, 0.15) is 37.7 Å². The second kappa shape index (κ2) is 8.44. The molecule has 4 rings (SSSR count). The van der Waals surface area contributed by atoms with E-state index in [0.29, 0.717) is 5.82 Å². The average Bonchev–Trinajstić information content (AvgIpc) is 3.15. The van der Waals surface area contributed by atoms with Crippen molar-refractivity contribution in [2.75, 3.05) is 23.3 Å². The van der Waals surface area contributed by atoms with Crippen molar-refractivity contribution in [1.82, 2.24) is 20.3 Å². The normalized spacial score (nSPS) is 17.2. The third-order valence-corrected chi connectivity index (χ3v) is 5.67. The first-order valence-electron chi connectivity index (χ1n) is 10.1. The van der Waals surface area contributed by atoms with Gasteiger partial charge in [-0.15, -0.1) is 0 Å². The summed E-state index contributed by atoms with van der Waals surface area (Å²) in [6, 6.07) is 9.94. The van der Waals surface area contributed by atoms with Crippen LogP contribution < -0.4 is 15.5 Å². The summed E-state index contributed by atoms with van der Waals surface area (Å²) in [6.45, 7) is 7.07. The van der Waals surface area contributed by atoms with E-state index in [9.17, 15) is 4.79 Å². The van der Waals surface area contributed by atoms with Gasteiger partial charge in [0.05, 0.1) is 17.8 Å². The van der Waals surface area contributed by atoms with Crippen LogP contribution in [0.5, 0.6) is 0 Å². The first-order chi connectivity index (χ1) is 14.4. The zero-order valence-electron chi connectivity index (χ0n) is 17.3. The van der Waals surface area contributed by atoms with E-state index in [-0.39, 0.29) is 18.0 Å². The lowest BCUT2D eigenvalue weighted by molar-refractivity contribution is -0.119. The van der Waals surface area contributed by atoms with Crippen molar-refractivity contribution in [3.63, 3.8) is 0 Å². The molecule has 8 heteroatoms. The van der Waals surface area contributed by atoms with E-state index in [4.69, 9.17) is 11.6 Å². The van der Waals surface area contributed by atoms with E-state index in [1.54, 1.807) is 13.1 Å². The van der Waals surface area contributed by atoms with Gasteiger partial charge in [0.2, 0.25) is 5.91 Å². The van der Waals surface area contributed by atoms with E-state index >= 15 is 0 Å². The van der Waals surface area contributed by atoms with Crippen LogP contribution in [0.2, 0.25) is 5.02 Å². The minimum Gasteiger partial charge on any atom is -0.363 e. The zero-order valence-corrected chi connectivity index (χ0v) is 18.1. The molecule has 30 heavy (non-hydrogen) atoms. The Bertz CT molecular complexity index is 1090. The van der Waals surface area contributed by atoms with Gasteiger partial charge in [-0.3, -0.25) is 4.79 Å². The summed E-state index contributed by atoms with van der Waals surface area (Å²) >= 11 is 6.38. The lowest BCUT2D eigenvalue weighted by Crippen LogP contribution is -2.35. The lowest BCUT2D eigenvalue weighted by atomic mass is 10.1. The van der Waals surface area contributed by atoms with Crippen molar-refractivity contribution in [2.45, 2.75) is 39.3 Å². The maximum Gasteiger partial charge on any atom is 0.217 e. The number of anilines is 2. The third kappa shape index (κ3) is 4.31. The SMILES string of the molecule is CC(=O)N[C@@H]1CCN(c2cc3c(N[C@H](C)c4ccccc4Cl)nc(C)nc3cn2)C1. The van der Waals surface area contributed by atoms with Gasteiger partial charge in [-0.2, -0.15) is 0 Å². The van der Waals surface area contributed by atoms with E-state index < -0.39 is 0 Å². The summed E-state index contributed by atoms with van der Waals surface area (Å²) in [5.41, 5.74) is 1.80. The molecule has 0 unspecified atom stereocenters. The molecule has 0 spiro atoms. The monoisotopic (exact) mass is 424 g/mol. The molecule has 1 aliphatic heterocycles. The number of nitrogens with zero attached hydrogens (tertiary/aromatic N) is 4. The van der Waals surface area contributed by atoms with Gasteiger partial charge in [0.15, 0.2) is 0 Å². The maximum absolute atomic E-state index is 11.4. The molecule has 0 bridgehead atoms. The fourth-order valence-corrected chi connectivity index (χ4v) is 4.20. The predicted molar refractivity (Wildman–Crippen MR) is 120 cm³/mol. The number of benzene rings is 1. The Morgan fingerprint density at radius 2 is 2.10 bits per heavy atom. The molecule has 7 nitrogen and oxygen atoms in total. The van der Waals surface area contributed by atoms with Crippen molar-refractivity contribution in [2.24, 2.45) is 0 Å². The van der Waals surface area contributed by atoms with Crippen LogP contribution in [0.3, 0.4) is 0 Å². The van der Waals surface area contributed by atoms with Gasteiger partial charge < -0.3 is 15.5 Å². The molecule has 1 saturated heterocycles. The molecular formula is C22H25ClN6O. The quantitative estimate of drug-likeness (QED) is 0.646. The number of hydrogen-bond acceptors (Lipinski definition) is 6. The first-order valence-corrected chi connectivity index (χ1v) is 10.5. The molecule has 0 aliphatic carbocycles. The molecule has 2 N–H and O–H groups in total. The number of pyridine rings is 1. The Labute approximate surface area is 180 Å². The Balaban J connectivity index is 1.64. The number of carbonyl (C=O) groups excluding carboxylic acids is 1. The van der Waals surface area contributed by atoms with Gasteiger partial charge in [0.25, 0.3) is 0 Å². The standard InChI is InChI=1S/C22H25ClN6O/c1-13(17-6-4-5-7-19(17)23)25-22-18-10-21(24-11-20(18)26-14(2)27-22)29-9-8-16(12-29)28-15(3)30/h4-7,10-11,13,16H,8-9,12H2,1-3H3,(H,28,30)(H,25,26,27)/t13-,16-/m1/s1. The Kier molecular flexibility index (Phi) is 5.72. The Morgan fingerprint density at radius 3 is 2.87 bits per heavy atom. The van der Waals surface area contributed by atoms with Crippen LogP contribution in [0, 0.1) is 6.92 Å². The largest absolute Gasteiger partial charge is 0.363 e. The first kappa shape index (κ1) is 20.3. The summed E-state index contributed by atoms with van der Waals surface area (Å²) < 4.78 is 0. The number of fused-ring (bicyclic) bond motifs is 1. The number of aryl methyl sites for hydroxylation is 1. The Morgan fingerprint density at radius 1 is 1.30 bits per heavy atom. The highest BCUT2D eigenvalue weighted by Crippen LogP contribution is 2.30. The molecule has 1 amide bonds. The van der Waals surface area contributed by atoms with Crippen molar-refractivity contribution >= 4 is 40.0 Å². The summed E-state index contributed by atoms with van der Waals surface area (Å²) in [6.07, 6.45) is 2.69. The summed E-state index contributed by atoms with van der Waals surface area (Å²) in [5.74, 6) is 2.29. The maximum atomic E-state index is 11.4. The number of rotatable bonds is 5. The highest BCUT2D eigenvalue weighted by molar-refractivity contribution is 6.31. The van der Waals surface area contributed by atoms with Gasteiger partial charge in [0, 0.05) is 36.5 Å². The van der Waals surface area contributed by atoms with Crippen molar-refractivity contribution in [1.29, 1.82) is 0 Å². The molecule has 3 heterocycles. The zero-order chi connectivity index (χ0) is 21.3. The fourth-order valence-electron chi connectivity index (χ4n) is 3.90. The Hall–Kier alpha value is -2.93. The average molecular weight is 425 g/mol. The fraction of sp³-hybridized carbons (Fsp3) is 0.364. The second-order valence-electron chi connectivity index (χ2n) is 7.70. The van der Waals surface area contributed by atoms with Crippen LogP contribution in [0.25, 0.3) is 10.9 Å². The van der Waals surface area contributed by atoms with Crippen LogP contribution in [0.15, 0.2) is 36.5 Å². The van der Waals surface area contributed by atoms with Crippen LogP contribution >= 0.6 is 11.6 Å². The van der Waals surface area contributed by atoms with Gasteiger partial charge in [0.1, 0.15) is 17.5 Å². The number of halogens is 1. The highest BCUT2D eigenvalue weighted by Gasteiger charge is 2.24. The molecular weight excluding hydrogens is 400 g/mol. The minimum absolute atomic E-state index is 0.00255. The molecule has 2 aromatic heterocycles. The van der Waals surface area contributed by atoms with E-state index in [2.05, 4.69) is 37.4 Å². The van der Waals surface area contributed by atoms with Gasteiger partial charge >= 0.3 is 0 Å².